The summed E-state index contributed by atoms with van der Waals surface area (Å²) in [6.07, 6.45) is -4.64. The highest BCUT2D eigenvalue weighted by atomic mass is 35.5. The molecule has 1 aromatic carbocycles. The zero-order chi connectivity index (χ0) is 16.0. The number of hydrogen-bond donors (Lipinski definition) is 1. The van der Waals surface area contributed by atoms with E-state index in [9.17, 15) is 21.6 Å². The van der Waals surface area contributed by atoms with Crippen LogP contribution in [0.5, 0.6) is 0 Å². The van der Waals surface area contributed by atoms with Crippen LogP contribution < -0.4 is 5.73 Å². The van der Waals surface area contributed by atoms with Crippen LogP contribution in [0.15, 0.2) is 23.1 Å². The van der Waals surface area contributed by atoms with Gasteiger partial charge in [0, 0.05) is 19.1 Å². The summed E-state index contributed by atoms with van der Waals surface area (Å²) in [4.78, 5) is -0.541. The van der Waals surface area contributed by atoms with Crippen molar-refractivity contribution in [3.63, 3.8) is 0 Å². The van der Waals surface area contributed by atoms with E-state index in [1.165, 1.54) is 0 Å². The van der Waals surface area contributed by atoms with Gasteiger partial charge in [0.25, 0.3) is 0 Å². The summed E-state index contributed by atoms with van der Waals surface area (Å²) in [5.74, 6) is -0.0654. The lowest BCUT2D eigenvalue weighted by atomic mass is 10.1. The van der Waals surface area contributed by atoms with Crippen molar-refractivity contribution in [1.29, 1.82) is 0 Å². The van der Waals surface area contributed by atoms with E-state index >= 15 is 0 Å². The van der Waals surface area contributed by atoms with E-state index in [4.69, 9.17) is 17.3 Å². The monoisotopic (exact) mass is 342 g/mol. The van der Waals surface area contributed by atoms with Crippen LogP contribution in [0.3, 0.4) is 0 Å². The molecule has 0 bridgehead atoms. The van der Waals surface area contributed by atoms with Crippen molar-refractivity contribution in [1.82, 2.24) is 4.31 Å². The molecule has 2 atom stereocenters. The Labute approximate surface area is 125 Å². The largest absolute Gasteiger partial charge is 0.416 e. The third-order valence-electron chi connectivity index (χ3n) is 3.51. The van der Waals surface area contributed by atoms with Crippen molar-refractivity contribution in [2.45, 2.75) is 24.0 Å². The van der Waals surface area contributed by atoms with Gasteiger partial charge in [0.05, 0.1) is 10.6 Å². The lowest BCUT2D eigenvalue weighted by Gasteiger charge is -2.18. The summed E-state index contributed by atoms with van der Waals surface area (Å²) in [7, 11) is -4.10. The molecule has 1 aliphatic heterocycles. The summed E-state index contributed by atoms with van der Waals surface area (Å²) < 4.78 is 64.1. The first kappa shape index (κ1) is 16.5. The second-order valence-electron chi connectivity index (χ2n) is 5.11. The van der Waals surface area contributed by atoms with E-state index in [1.807, 2.05) is 0 Å². The zero-order valence-electron chi connectivity index (χ0n) is 11.1. The van der Waals surface area contributed by atoms with Gasteiger partial charge in [-0.15, -0.1) is 0 Å². The number of benzene rings is 1. The van der Waals surface area contributed by atoms with E-state index in [2.05, 4.69) is 0 Å². The van der Waals surface area contributed by atoms with E-state index < -0.39 is 26.7 Å². The van der Waals surface area contributed by atoms with Gasteiger partial charge in [0.2, 0.25) is 10.0 Å². The maximum absolute atomic E-state index is 12.7. The van der Waals surface area contributed by atoms with Crippen LogP contribution in [0.4, 0.5) is 13.2 Å². The molecule has 2 unspecified atom stereocenters. The first-order valence-electron chi connectivity index (χ1n) is 6.16. The minimum absolute atomic E-state index is 0.0654. The molecule has 0 saturated carbocycles. The molecule has 1 aromatic rings. The van der Waals surface area contributed by atoms with Crippen LogP contribution in [0.25, 0.3) is 0 Å². The standard InChI is InChI=1S/C12H14ClF3N2O2S/c1-7-5-18(6-10(7)17)21(19,20)11-4-8(12(14,15)16)2-3-9(11)13/h2-4,7,10H,5-6,17H2,1H3. The number of sulfonamides is 1. The summed E-state index contributed by atoms with van der Waals surface area (Å²) in [6, 6.07) is 1.91. The Kier molecular flexibility index (Phi) is 4.27. The second kappa shape index (κ2) is 5.42. The minimum Gasteiger partial charge on any atom is -0.326 e. The number of nitrogens with two attached hydrogens (primary N) is 1. The molecule has 4 nitrogen and oxygen atoms in total. The Morgan fingerprint density at radius 3 is 2.43 bits per heavy atom. The lowest BCUT2D eigenvalue weighted by Crippen LogP contribution is -2.32. The van der Waals surface area contributed by atoms with Crippen LogP contribution in [-0.4, -0.2) is 31.9 Å². The number of hydrogen-bond acceptors (Lipinski definition) is 3. The van der Waals surface area contributed by atoms with E-state index in [0.717, 1.165) is 16.4 Å². The molecule has 0 radical (unpaired) electrons. The fraction of sp³-hybridized carbons (Fsp3) is 0.500. The van der Waals surface area contributed by atoms with Gasteiger partial charge < -0.3 is 5.73 Å². The van der Waals surface area contributed by atoms with Crippen LogP contribution in [0, 0.1) is 5.92 Å². The van der Waals surface area contributed by atoms with Gasteiger partial charge in [-0.25, -0.2) is 8.42 Å². The van der Waals surface area contributed by atoms with Crippen molar-refractivity contribution >= 4 is 21.6 Å². The molecule has 1 saturated heterocycles. The molecule has 0 aliphatic carbocycles. The third-order valence-corrected chi connectivity index (χ3v) is 5.83. The Morgan fingerprint density at radius 2 is 1.95 bits per heavy atom. The molecule has 0 aromatic heterocycles. The Hall–Kier alpha value is -0.830. The summed E-state index contributed by atoms with van der Waals surface area (Å²) in [5.41, 5.74) is 4.71. The molecular formula is C12H14ClF3N2O2S. The molecule has 1 heterocycles. The fourth-order valence-electron chi connectivity index (χ4n) is 2.16. The Balaban J connectivity index is 2.45. The summed E-state index contributed by atoms with van der Waals surface area (Å²) in [5, 5.41) is -0.240. The van der Waals surface area contributed by atoms with Gasteiger partial charge in [0.15, 0.2) is 0 Å². The molecule has 0 amide bonds. The predicted octanol–water partition coefficient (Wildman–Crippen LogP) is 2.33. The highest BCUT2D eigenvalue weighted by Gasteiger charge is 2.38. The molecule has 0 spiro atoms. The van der Waals surface area contributed by atoms with Crippen LogP contribution >= 0.6 is 11.6 Å². The van der Waals surface area contributed by atoms with Crippen molar-refractivity contribution < 1.29 is 21.6 Å². The Morgan fingerprint density at radius 1 is 1.33 bits per heavy atom. The Bertz CT molecular complexity index is 638. The number of rotatable bonds is 2. The molecular weight excluding hydrogens is 329 g/mol. The smallest absolute Gasteiger partial charge is 0.326 e. The first-order valence-corrected chi connectivity index (χ1v) is 7.97. The van der Waals surface area contributed by atoms with Gasteiger partial charge >= 0.3 is 6.18 Å². The summed E-state index contributed by atoms with van der Waals surface area (Å²) in [6.45, 7) is 2.01. The van der Waals surface area contributed by atoms with E-state index in [1.54, 1.807) is 6.92 Å². The average molecular weight is 343 g/mol. The van der Waals surface area contributed by atoms with Gasteiger partial charge in [-0.2, -0.15) is 17.5 Å². The minimum atomic E-state index is -4.64. The van der Waals surface area contributed by atoms with Crippen LogP contribution in [0.2, 0.25) is 5.02 Å². The van der Waals surface area contributed by atoms with Crippen molar-refractivity contribution in [2.24, 2.45) is 11.7 Å². The lowest BCUT2D eigenvalue weighted by molar-refractivity contribution is -0.137. The number of alkyl halides is 3. The highest BCUT2D eigenvalue weighted by Crippen LogP contribution is 2.35. The zero-order valence-corrected chi connectivity index (χ0v) is 12.6. The van der Waals surface area contributed by atoms with Crippen molar-refractivity contribution in [2.75, 3.05) is 13.1 Å². The topological polar surface area (TPSA) is 63.4 Å². The van der Waals surface area contributed by atoms with Gasteiger partial charge in [0.1, 0.15) is 4.90 Å². The van der Waals surface area contributed by atoms with Gasteiger partial charge in [-0.05, 0) is 24.1 Å². The third kappa shape index (κ3) is 3.18. The normalized spacial score (nSPS) is 24.5. The fourth-order valence-corrected chi connectivity index (χ4v) is 4.24. The van der Waals surface area contributed by atoms with E-state index in [0.29, 0.717) is 6.07 Å². The summed E-state index contributed by atoms with van der Waals surface area (Å²) >= 11 is 5.78. The predicted molar refractivity (Wildman–Crippen MR) is 72.4 cm³/mol. The first-order chi connectivity index (χ1) is 9.53. The number of halogens is 4. The maximum atomic E-state index is 12.7. The van der Waals surface area contributed by atoms with E-state index in [-0.39, 0.29) is 30.1 Å². The van der Waals surface area contributed by atoms with Crippen molar-refractivity contribution in [3.05, 3.63) is 28.8 Å². The molecule has 2 N–H and O–H groups in total. The molecule has 2 rings (SSSR count). The van der Waals surface area contributed by atoms with Crippen molar-refractivity contribution in [3.8, 4) is 0 Å². The maximum Gasteiger partial charge on any atom is 0.416 e. The SMILES string of the molecule is CC1CN(S(=O)(=O)c2cc(C(F)(F)F)ccc2Cl)CC1N. The van der Waals surface area contributed by atoms with Crippen LogP contribution in [-0.2, 0) is 16.2 Å². The molecule has 9 heteroatoms. The van der Waals surface area contributed by atoms with Gasteiger partial charge in [-0.3, -0.25) is 0 Å². The number of nitrogens with zero attached hydrogens (tertiary/aromatic N) is 1. The second-order valence-corrected chi connectivity index (χ2v) is 7.42. The average Bonchev–Trinajstić information content (AvgIpc) is 2.69. The molecule has 1 aliphatic rings. The van der Waals surface area contributed by atoms with Crippen LogP contribution in [0.1, 0.15) is 12.5 Å². The molecule has 21 heavy (non-hydrogen) atoms. The highest BCUT2D eigenvalue weighted by molar-refractivity contribution is 7.89. The molecule has 1 fully saturated rings. The quantitative estimate of drug-likeness (QED) is 0.897. The van der Waals surface area contributed by atoms with Gasteiger partial charge in [-0.1, -0.05) is 18.5 Å². The molecule has 118 valence electrons.